The quantitative estimate of drug-likeness (QED) is 0.184. The maximum Gasteiger partial charge on any atom is 0.307 e. The van der Waals surface area contributed by atoms with Gasteiger partial charge in [0.05, 0.1) is 11.1 Å². The SMILES string of the molecule is CC(C)CC(=O)OCN1C(=O)CCC(N2C(=O)c3ccc(N4CCC(CN5CCC(c6ccc(Nc7nc(N8CCCCC8)nnc7C(N)=O)cc6)CC5)C4)cc3C2=O)C1=O. The highest BCUT2D eigenvalue weighted by molar-refractivity contribution is 6.23. The summed E-state index contributed by atoms with van der Waals surface area (Å²) in [7, 11) is 0. The fraction of sp³-hybridized carbons (Fsp3) is 0.523. The average molecular weight is 835 g/mol. The first-order valence-electron chi connectivity index (χ1n) is 21.6. The molecule has 0 saturated carbocycles. The third-order valence-corrected chi connectivity index (χ3v) is 12.6. The van der Waals surface area contributed by atoms with Crippen LogP contribution in [-0.4, -0.2) is 124 Å². The second kappa shape index (κ2) is 17.9. The van der Waals surface area contributed by atoms with E-state index in [4.69, 9.17) is 10.5 Å². The fourth-order valence-corrected chi connectivity index (χ4v) is 9.26. The molecule has 61 heavy (non-hydrogen) atoms. The van der Waals surface area contributed by atoms with Crippen molar-refractivity contribution in [3.8, 4) is 0 Å². The van der Waals surface area contributed by atoms with Crippen LogP contribution in [0.15, 0.2) is 42.5 Å². The average Bonchev–Trinajstić information content (AvgIpc) is 3.82. The second-order valence-electron chi connectivity index (χ2n) is 17.3. The topological polar surface area (TPSA) is 205 Å². The molecule has 0 aliphatic carbocycles. The molecule has 17 nitrogen and oxygen atoms in total. The van der Waals surface area contributed by atoms with Gasteiger partial charge in [-0.05, 0) is 112 Å². The van der Waals surface area contributed by atoms with E-state index in [1.807, 2.05) is 32.0 Å². The molecule has 5 amide bonds. The van der Waals surface area contributed by atoms with E-state index < -0.39 is 48.3 Å². The number of nitrogens with two attached hydrogens (primary N) is 1. The van der Waals surface area contributed by atoms with Crippen LogP contribution in [0.2, 0.25) is 0 Å². The number of fused-ring (bicyclic) bond motifs is 1. The highest BCUT2D eigenvalue weighted by Gasteiger charge is 2.47. The molecule has 1 aromatic heterocycles. The Bertz CT molecular complexity index is 2180. The number of piperidine rings is 3. The lowest BCUT2D eigenvalue weighted by atomic mass is 9.89. The monoisotopic (exact) mass is 834 g/mol. The number of nitrogens with one attached hydrogen (secondary N) is 1. The van der Waals surface area contributed by atoms with E-state index in [0.717, 1.165) is 99.1 Å². The molecule has 17 heteroatoms. The van der Waals surface area contributed by atoms with Gasteiger partial charge in [-0.25, -0.2) is 4.90 Å². The molecule has 0 spiro atoms. The molecule has 0 bridgehead atoms. The molecular formula is C44H54N10O7. The molecule has 5 aliphatic rings. The lowest BCUT2D eigenvalue weighted by molar-refractivity contribution is -0.164. The molecule has 2 aromatic carbocycles. The van der Waals surface area contributed by atoms with Crippen molar-refractivity contribution in [3.05, 3.63) is 64.8 Å². The van der Waals surface area contributed by atoms with Gasteiger partial charge in [0.15, 0.2) is 18.2 Å². The summed E-state index contributed by atoms with van der Waals surface area (Å²) in [6, 6.07) is 12.4. The number of aromatic nitrogens is 3. The molecular weight excluding hydrogens is 781 g/mol. The van der Waals surface area contributed by atoms with Crippen LogP contribution in [0.3, 0.4) is 0 Å². The van der Waals surface area contributed by atoms with Crippen LogP contribution in [-0.2, 0) is 19.1 Å². The predicted octanol–water partition coefficient (Wildman–Crippen LogP) is 4.07. The van der Waals surface area contributed by atoms with Crippen molar-refractivity contribution in [1.82, 2.24) is 29.9 Å². The summed E-state index contributed by atoms with van der Waals surface area (Å²) in [5.41, 5.74) is 9.02. The number of ether oxygens (including phenoxy) is 1. The number of hydrogen-bond acceptors (Lipinski definition) is 14. The summed E-state index contributed by atoms with van der Waals surface area (Å²) in [6.07, 6.45) is 6.50. The summed E-state index contributed by atoms with van der Waals surface area (Å²) in [5, 5.41) is 11.5. The number of nitrogens with zero attached hydrogens (tertiary/aromatic N) is 8. The summed E-state index contributed by atoms with van der Waals surface area (Å²) in [4.78, 5) is 90.9. The molecule has 8 rings (SSSR count). The lowest BCUT2D eigenvalue weighted by Gasteiger charge is -2.34. The van der Waals surface area contributed by atoms with Gasteiger partial charge in [0.1, 0.15) is 6.04 Å². The Balaban J connectivity index is 0.826. The van der Waals surface area contributed by atoms with E-state index >= 15 is 0 Å². The second-order valence-corrected chi connectivity index (χ2v) is 17.3. The Kier molecular flexibility index (Phi) is 12.3. The van der Waals surface area contributed by atoms with Gasteiger partial charge in [0.25, 0.3) is 23.6 Å². The van der Waals surface area contributed by atoms with Crippen LogP contribution in [0, 0.1) is 11.8 Å². The highest BCUT2D eigenvalue weighted by Crippen LogP contribution is 2.35. The standard InChI is InChI=1S/C44H54N10O7/c1-27(2)22-37(56)61-26-53-36(55)13-12-35(43(53)60)54-41(58)33-11-10-32(23-34(33)42(54)59)52-21-14-28(25-52)24-50-19-15-30(16-20-50)29-6-8-31(9-7-29)46-40-38(39(45)57)48-49-44(47-40)51-17-4-3-5-18-51/h6-11,23,27-28,30,35H,3-5,12-22,24-26H2,1-2H3,(H2,45,57)(H,46,47,49). The van der Waals surface area contributed by atoms with Gasteiger partial charge >= 0.3 is 5.97 Å². The van der Waals surface area contributed by atoms with Gasteiger partial charge in [-0.15, -0.1) is 10.2 Å². The number of esters is 1. The van der Waals surface area contributed by atoms with Crippen molar-refractivity contribution in [1.29, 1.82) is 0 Å². The lowest BCUT2D eigenvalue weighted by Crippen LogP contribution is -2.56. The number of rotatable bonds is 13. The molecule has 0 radical (unpaired) electrons. The normalized spacial score (nSPS) is 21.4. The Morgan fingerprint density at radius 2 is 1.59 bits per heavy atom. The third-order valence-electron chi connectivity index (χ3n) is 12.6. The van der Waals surface area contributed by atoms with E-state index in [9.17, 15) is 28.8 Å². The smallest absolute Gasteiger partial charge is 0.307 e. The zero-order chi connectivity index (χ0) is 42.8. The summed E-state index contributed by atoms with van der Waals surface area (Å²) in [6.45, 7) is 9.48. The molecule has 2 atom stereocenters. The number of carbonyl (C=O) groups is 6. The summed E-state index contributed by atoms with van der Waals surface area (Å²) in [5.74, 6) is -1.84. The van der Waals surface area contributed by atoms with Gasteiger partial charge in [0, 0.05) is 56.9 Å². The minimum Gasteiger partial charge on any atom is -0.444 e. The number of carbonyl (C=O) groups excluding carboxylic acids is 6. The highest BCUT2D eigenvalue weighted by atomic mass is 16.5. The van der Waals surface area contributed by atoms with Crippen LogP contribution in [0.1, 0.15) is 114 Å². The van der Waals surface area contributed by atoms with Crippen LogP contribution in [0.4, 0.5) is 23.1 Å². The molecule has 322 valence electrons. The molecule has 6 heterocycles. The van der Waals surface area contributed by atoms with Gasteiger partial charge < -0.3 is 30.5 Å². The Hall–Kier alpha value is -5.97. The number of benzene rings is 2. The maximum atomic E-state index is 13.7. The van der Waals surface area contributed by atoms with Crippen LogP contribution >= 0.6 is 0 Å². The van der Waals surface area contributed by atoms with E-state index in [0.29, 0.717) is 23.6 Å². The molecule has 3 aromatic rings. The van der Waals surface area contributed by atoms with Gasteiger partial charge in [0.2, 0.25) is 11.9 Å². The van der Waals surface area contributed by atoms with Gasteiger partial charge in [-0.2, -0.15) is 4.98 Å². The number of imide groups is 2. The van der Waals surface area contributed by atoms with Crippen LogP contribution < -0.4 is 20.9 Å². The molecule has 3 N–H and O–H groups in total. The predicted molar refractivity (Wildman–Crippen MR) is 225 cm³/mol. The van der Waals surface area contributed by atoms with Crippen LogP contribution in [0.25, 0.3) is 0 Å². The van der Waals surface area contributed by atoms with Gasteiger partial charge in [-0.1, -0.05) is 26.0 Å². The van der Waals surface area contributed by atoms with Crippen molar-refractivity contribution < 1.29 is 33.5 Å². The first-order chi connectivity index (χ1) is 29.4. The van der Waals surface area contributed by atoms with Crippen molar-refractivity contribution in [2.45, 2.75) is 83.6 Å². The summed E-state index contributed by atoms with van der Waals surface area (Å²) >= 11 is 0. The van der Waals surface area contributed by atoms with Gasteiger partial charge in [-0.3, -0.25) is 33.7 Å². The molecule has 4 fully saturated rings. The third kappa shape index (κ3) is 9.06. The zero-order valence-corrected chi connectivity index (χ0v) is 34.9. The van der Waals surface area contributed by atoms with Crippen molar-refractivity contribution in [3.63, 3.8) is 0 Å². The number of likely N-dealkylation sites (tertiary alicyclic amines) is 2. The first-order valence-corrected chi connectivity index (χ1v) is 21.6. The molecule has 5 aliphatic heterocycles. The number of hydrogen-bond donors (Lipinski definition) is 2. The van der Waals surface area contributed by atoms with Crippen molar-refractivity contribution in [2.75, 3.05) is 67.7 Å². The number of anilines is 4. The Morgan fingerprint density at radius 3 is 2.31 bits per heavy atom. The van der Waals surface area contributed by atoms with E-state index in [1.165, 1.54) is 12.0 Å². The fourth-order valence-electron chi connectivity index (χ4n) is 9.26. The molecule has 2 unspecified atom stereocenters. The maximum absolute atomic E-state index is 13.7. The van der Waals surface area contributed by atoms with E-state index in [-0.39, 0.29) is 42.0 Å². The Morgan fingerprint density at radius 1 is 0.852 bits per heavy atom. The van der Waals surface area contributed by atoms with E-state index in [2.05, 4.69) is 47.3 Å². The zero-order valence-electron chi connectivity index (χ0n) is 34.9. The summed E-state index contributed by atoms with van der Waals surface area (Å²) < 4.78 is 5.19. The minimum atomic E-state index is -1.15. The number of amides is 5. The first kappa shape index (κ1) is 41.8. The Labute approximate surface area is 354 Å². The van der Waals surface area contributed by atoms with Crippen LogP contribution in [0.5, 0.6) is 0 Å². The number of primary amides is 1. The van der Waals surface area contributed by atoms with E-state index in [1.54, 1.807) is 12.1 Å². The van der Waals surface area contributed by atoms with Crippen molar-refractivity contribution in [2.24, 2.45) is 17.6 Å². The van der Waals surface area contributed by atoms with Crippen molar-refractivity contribution >= 4 is 58.6 Å². The molecule has 4 saturated heterocycles. The minimum absolute atomic E-state index is 0.00921. The largest absolute Gasteiger partial charge is 0.444 e.